The molecule has 2 nitrogen and oxygen atoms in total. The number of aryl methyl sites for hydroxylation is 1. The zero-order valence-electron chi connectivity index (χ0n) is 7.72. The van der Waals surface area contributed by atoms with E-state index in [4.69, 9.17) is 4.42 Å². The highest BCUT2D eigenvalue weighted by molar-refractivity contribution is 5.55. The van der Waals surface area contributed by atoms with Crippen LogP contribution in [0.2, 0.25) is 0 Å². The fraction of sp³-hybridized carbons (Fsp3) is 0.100. The first-order chi connectivity index (χ1) is 7.08. The van der Waals surface area contributed by atoms with E-state index in [0.717, 1.165) is 0 Å². The summed E-state index contributed by atoms with van der Waals surface area (Å²) in [5, 5.41) is 0. The number of oxazole rings is 1. The summed E-state index contributed by atoms with van der Waals surface area (Å²) in [6, 6.07) is 1.16. The van der Waals surface area contributed by atoms with Gasteiger partial charge in [-0.15, -0.1) is 0 Å². The quantitative estimate of drug-likeness (QED) is 0.727. The van der Waals surface area contributed by atoms with E-state index >= 15 is 0 Å². The molecule has 0 aliphatic rings. The Balaban J connectivity index is 2.62. The predicted molar refractivity (Wildman–Crippen MR) is 46.6 cm³/mol. The lowest BCUT2D eigenvalue weighted by Gasteiger charge is -2.00. The van der Waals surface area contributed by atoms with Crippen LogP contribution in [-0.2, 0) is 0 Å². The molecule has 0 atom stereocenters. The van der Waals surface area contributed by atoms with E-state index in [-0.39, 0.29) is 5.89 Å². The van der Waals surface area contributed by atoms with E-state index < -0.39 is 23.0 Å². The number of hydrogen-bond donors (Lipinski definition) is 0. The summed E-state index contributed by atoms with van der Waals surface area (Å²) in [6.45, 7) is 1.59. The summed E-state index contributed by atoms with van der Waals surface area (Å²) < 4.78 is 44.0. The summed E-state index contributed by atoms with van der Waals surface area (Å²) in [6.07, 6.45) is 1.33. The van der Waals surface area contributed by atoms with Crippen LogP contribution >= 0.6 is 0 Å². The van der Waals surface area contributed by atoms with Crippen molar-refractivity contribution in [1.82, 2.24) is 4.98 Å². The van der Waals surface area contributed by atoms with Gasteiger partial charge in [-0.25, -0.2) is 18.2 Å². The Morgan fingerprint density at radius 2 is 1.73 bits per heavy atom. The first kappa shape index (κ1) is 9.76. The third kappa shape index (κ3) is 1.72. The molecule has 0 aliphatic heterocycles. The molecule has 0 aliphatic carbocycles. The highest BCUT2D eigenvalue weighted by Crippen LogP contribution is 2.26. The molecule has 0 bridgehead atoms. The van der Waals surface area contributed by atoms with E-state index in [1.807, 2.05) is 0 Å². The number of halogens is 3. The minimum atomic E-state index is -1.03. The molecule has 0 unspecified atom stereocenters. The van der Waals surface area contributed by atoms with Crippen molar-refractivity contribution in [3.05, 3.63) is 41.5 Å². The molecule has 0 saturated heterocycles. The lowest BCUT2D eigenvalue weighted by Crippen LogP contribution is -1.92. The number of rotatable bonds is 1. The van der Waals surface area contributed by atoms with Crippen LogP contribution in [0.15, 0.2) is 22.7 Å². The van der Waals surface area contributed by atoms with Gasteiger partial charge in [0.15, 0.2) is 0 Å². The Bertz CT molecular complexity index is 484. The highest BCUT2D eigenvalue weighted by atomic mass is 19.1. The number of nitrogens with zero attached hydrogens (tertiary/aromatic N) is 1. The molecule has 15 heavy (non-hydrogen) atoms. The van der Waals surface area contributed by atoms with Crippen LogP contribution in [0.1, 0.15) is 5.76 Å². The number of aromatic nitrogens is 1. The minimum absolute atomic E-state index is 0.192. The molecule has 0 N–H and O–H groups in total. The normalized spacial score (nSPS) is 10.7. The highest BCUT2D eigenvalue weighted by Gasteiger charge is 2.17. The first-order valence-corrected chi connectivity index (χ1v) is 4.15. The molecule has 78 valence electrons. The van der Waals surface area contributed by atoms with Crippen molar-refractivity contribution in [2.75, 3.05) is 0 Å². The van der Waals surface area contributed by atoms with Crippen molar-refractivity contribution in [1.29, 1.82) is 0 Å². The van der Waals surface area contributed by atoms with Gasteiger partial charge in [-0.3, -0.25) is 0 Å². The molecule has 0 saturated carbocycles. The summed E-state index contributed by atoms with van der Waals surface area (Å²) in [7, 11) is 0. The van der Waals surface area contributed by atoms with Crippen LogP contribution < -0.4 is 0 Å². The Kier molecular flexibility index (Phi) is 2.22. The average Bonchev–Trinajstić information content (AvgIpc) is 2.49. The smallest absolute Gasteiger partial charge is 0.232 e. The third-order valence-corrected chi connectivity index (χ3v) is 1.84. The number of benzene rings is 1. The standard InChI is InChI=1S/C10H6F3NO/c1-5-4-14-10(15-5)9-7(12)2-6(11)3-8(9)13/h2-4H,1H3. The van der Waals surface area contributed by atoms with Crippen LogP contribution in [0.25, 0.3) is 11.5 Å². The topological polar surface area (TPSA) is 26.0 Å². The van der Waals surface area contributed by atoms with Gasteiger partial charge in [-0.1, -0.05) is 0 Å². The molecule has 2 rings (SSSR count). The van der Waals surface area contributed by atoms with E-state index in [2.05, 4.69) is 4.98 Å². The molecule has 0 amide bonds. The van der Waals surface area contributed by atoms with Gasteiger partial charge in [-0.05, 0) is 6.92 Å². The van der Waals surface area contributed by atoms with E-state index in [1.165, 1.54) is 6.20 Å². The lowest BCUT2D eigenvalue weighted by molar-refractivity contribution is 0.512. The average molecular weight is 213 g/mol. The van der Waals surface area contributed by atoms with Crippen molar-refractivity contribution < 1.29 is 17.6 Å². The molecule has 1 heterocycles. The number of hydrogen-bond acceptors (Lipinski definition) is 2. The summed E-state index contributed by atoms with van der Waals surface area (Å²) in [5.74, 6) is -2.81. The maximum atomic E-state index is 13.2. The van der Waals surface area contributed by atoms with Gasteiger partial charge in [0.05, 0.1) is 6.20 Å². The summed E-state index contributed by atoms with van der Waals surface area (Å²) in [4.78, 5) is 3.67. The lowest BCUT2D eigenvalue weighted by atomic mass is 10.2. The van der Waals surface area contributed by atoms with Crippen LogP contribution in [0.4, 0.5) is 13.2 Å². The third-order valence-electron chi connectivity index (χ3n) is 1.84. The van der Waals surface area contributed by atoms with Crippen LogP contribution in [0.3, 0.4) is 0 Å². The van der Waals surface area contributed by atoms with Crippen LogP contribution in [-0.4, -0.2) is 4.98 Å². The second-order valence-electron chi connectivity index (χ2n) is 3.02. The predicted octanol–water partition coefficient (Wildman–Crippen LogP) is 3.07. The van der Waals surface area contributed by atoms with E-state index in [0.29, 0.717) is 17.9 Å². The molecule has 1 aromatic carbocycles. The fourth-order valence-electron chi connectivity index (χ4n) is 1.22. The zero-order valence-corrected chi connectivity index (χ0v) is 7.72. The van der Waals surface area contributed by atoms with Crippen molar-refractivity contribution in [3.63, 3.8) is 0 Å². The second-order valence-corrected chi connectivity index (χ2v) is 3.02. The van der Waals surface area contributed by atoms with Gasteiger partial charge in [0.25, 0.3) is 0 Å². The molecular formula is C10H6F3NO. The van der Waals surface area contributed by atoms with E-state index in [1.54, 1.807) is 6.92 Å². The summed E-state index contributed by atoms with van der Waals surface area (Å²) in [5.41, 5.74) is -0.454. The van der Waals surface area contributed by atoms with Gasteiger partial charge >= 0.3 is 0 Å². The van der Waals surface area contributed by atoms with Crippen molar-refractivity contribution in [2.45, 2.75) is 6.92 Å². The summed E-state index contributed by atoms with van der Waals surface area (Å²) >= 11 is 0. The van der Waals surface area contributed by atoms with Crippen LogP contribution in [0.5, 0.6) is 0 Å². The van der Waals surface area contributed by atoms with Gasteiger partial charge < -0.3 is 4.42 Å². The Morgan fingerprint density at radius 3 is 2.20 bits per heavy atom. The Morgan fingerprint density at radius 1 is 1.13 bits per heavy atom. The maximum absolute atomic E-state index is 13.2. The van der Waals surface area contributed by atoms with Gasteiger partial charge in [0.2, 0.25) is 5.89 Å². The first-order valence-electron chi connectivity index (χ1n) is 4.15. The zero-order chi connectivity index (χ0) is 11.0. The van der Waals surface area contributed by atoms with Gasteiger partial charge in [-0.2, -0.15) is 0 Å². The van der Waals surface area contributed by atoms with Crippen LogP contribution in [0, 0.1) is 24.4 Å². The van der Waals surface area contributed by atoms with E-state index in [9.17, 15) is 13.2 Å². The molecule has 0 fully saturated rings. The van der Waals surface area contributed by atoms with Crippen molar-refractivity contribution in [3.8, 4) is 11.5 Å². The molecule has 0 radical (unpaired) electrons. The Labute approximate surface area is 83.4 Å². The second kappa shape index (κ2) is 3.42. The molecule has 2 aromatic rings. The molecular weight excluding hydrogens is 207 g/mol. The Hall–Kier alpha value is -1.78. The monoisotopic (exact) mass is 213 g/mol. The fourth-order valence-corrected chi connectivity index (χ4v) is 1.22. The minimum Gasteiger partial charge on any atom is -0.441 e. The maximum Gasteiger partial charge on any atom is 0.232 e. The SMILES string of the molecule is Cc1cnc(-c2c(F)cc(F)cc2F)o1. The van der Waals surface area contributed by atoms with Gasteiger partial charge in [0.1, 0.15) is 28.8 Å². The van der Waals surface area contributed by atoms with Gasteiger partial charge in [0, 0.05) is 12.1 Å². The van der Waals surface area contributed by atoms with Crippen molar-refractivity contribution in [2.24, 2.45) is 0 Å². The largest absolute Gasteiger partial charge is 0.441 e. The molecule has 0 spiro atoms. The van der Waals surface area contributed by atoms with Crippen molar-refractivity contribution >= 4 is 0 Å². The molecule has 1 aromatic heterocycles. The molecule has 5 heteroatoms.